The van der Waals surface area contributed by atoms with Crippen LogP contribution in [0.3, 0.4) is 0 Å². The molecule has 1 N–H and O–H groups in total. The van der Waals surface area contributed by atoms with Crippen molar-refractivity contribution >= 4 is 40.5 Å². The highest BCUT2D eigenvalue weighted by Gasteiger charge is 2.22. The first-order valence-electron chi connectivity index (χ1n) is 11.4. The smallest absolute Gasteiger partial charge is 0.227 e. The van der Waals surface area contributed by atoms with Crippen molar-refractivity contribution in [3.05, 3.63) is 59.5 Å². The highest BCUT2D eigenvalue weighted by molar-refractivity contribution is 6.32. The second-order valence-electron chi connectivity index (χ2n) is 8.42. The van der Waals surface area contributed by atoms with Gasteiger partial charge in [-0.25, -0.2) is 15.0 Å². The van der Waals surface area contributed by atoms with Crippen LogP contribution in [0, 0.1) is 6.92 Å². The van der Waals surface area contributed by atoms with E-state index in [2.05, 4.69) is 32.1 Å². The molecule has 1 saturated heterocycles. The summed E-state index contributed by atoms with van der Waals surface area (Å²) in [4.78, 5) is 29.3. The van der Waals surface area contributed by atoms with Gasteiger partial charge in [0.25, 0.3) is 0 Å². The summed E-state index contributed by atoms with van der Waals surface area (Å²) in [5.74, 6) is 1.19. The molecule has 3 aromatic heterocycles. The van der Waals surface area contributed by atoms with Crippen molar-refractivity contribution in [3.8, 4) is 17.1 Å². The van der Waals surface area contributed by atoms with E-state index in [-0.39, 0.29) is 5.91 Å². The fourth-order valence-corrected chi connectivity index (χ4v) is 4.57. The molecule has 0 unspecified atom stereocenters. The van der Waals surface area contributed by atoms with Crippen molar-refractivity contribution in [3.63, 3.8) is 0 Å². The maximum Gasteiger partial charge on any atom is 0.227 e. The molecule has 0 aliphatic carbocycles. The van der Waals surface area contributed by atoms with Gasteiger partial charge in [0.15, 0.2) is 0 Å². The summed E-state index contributed by atoms with van der Waals surface area (Å²) >= 11 is 6.46. The van der Waals surface area contributed by atoms with Gasteiger partial charge in [0.1, 0.15) is 17.1 Å². The molecule has 180 valence electrons. The number of ether oxygens (including phenoxy) is 1. The third kappa shape index (κ3) is 4.46. The van der Waals surface area contributed by atoms with Crippen molar-refractivity contribution in [1.82, 2.24) is 24.3 Å². The van der Waals surface area contributed by atoms with Gasteiger partial charge in [0, 0.05) is 51.1 Å². The number of carbonyl (C=O) groups is 1. The van der Waals surface area contributed by atoms with Gasteiger partial charge in [0.2, 0.25) is 11.9 Å². The molecule has 0 saturated carbocycles. The van der Waals surface area contributed by atoms with Crippen molar-refractivity contribution in [2.24, 2.45) is 0 Å². The Bertz CT molecular complexity index is 1400. The van der Waals surface area contributed by atoms with Gasteiger partial charge in [-0.05, 0) is 30.7 Å². The Kier molecular flexibility index (Phi) is 6.17. The lowest BCUT2D eigenvalue weighted by atomic mass is 10.1. The Morgan fingerprint density at radius 2 is 1.91 bits per heavy atom. The summed E-state index contributed by atoms with van der Waals surface area (Å²) in [7, 11) is 1.64. The number of carbonyl (C=O) groups excluding carboxylic acids is 1. The van der Waals surface area contributed by atoms with Crippen LogP contribution in [0.4, 0.5) is 17.3 Å². The van der Waals surface area contributed by atoms with Crippen LogP contribution in [0.5, 0.6) is 5.75 Å². The fourth-order valence-electron chi connectivity index (χ4n) is 4.38. The second-order valence-corrected chi connectivity index (χ2v) is 8.83. The normalized spacial score (nSPS) is 13.8. The number of imidazole rings is 1. The molecule has 1 amide bonds. The van der Waals surface area contributed by atoms with Crippen molar-refractivity contribution in [2.45, 2.75) is 13.8 Å². The van der Waals surface area contributed by atoms with E-state index in [0.29, 0.717) is 35.5 Å². The second kappa shape index (κ2) is 9.42. The number of aryl methyl sites for hydroxylation is 1. The van der Waals surface area contributed by atoms with E-state index in [9.17, 15) is 4.79 Å². The molecule has 10 heteroatoms. The maximum absolute atomic E-state index is 11.7. The number of nitrogens with zero attached hydrogens (tertiary/aromatic N) is 6. The fraction of sp³-hybridized carbons (Fsp3) is 0.280. The molecule has 4 aromatic rings. The van der Waals surface area contributed by atoms with E-state index in [0.717, 1.165) is 41.4 Å². The highest BCUT2D eigenvalue weighted by atomic mass is 35.5. The standard InChI is InChI=1S/C25H26ClN7O2/c1-16-12-19(22(35-3)13-20(16)32-10-8-31(9-11-32)17(2)34)29-25-28-14-18(26)24(30-25)21-15-27-23-6-4-5-7-33(21)23/h4-7,12-15H,8-11H2,1-3H3,(H,28,29,30). The zero-order chi connectivity index (χ0) is 24.5. The lowest BCUT2D eigenvalue weighted by Gasteiger charge is -2.36. The third-order valence-electron chi connectivity index (χ3n) is 6.23. The van der Waals surface area contributed by atoms with Crippen LogP contribution in [0.2, 0.25) is 5.02 Å². The summed E-state index contributed by atoms with van der Waals surface area (Å²) < 4.78 is 7.63. The van der Waals surface area contributed by atoms with E-state index in [4.69, 9.17) is 16.3 Å². The number of halogens is 1. The van der Waals surface area contributed by atoms with Gasteiger partial charge < -0.3 is 19.9 Å². The van der Waals surface area contributed by atoms with E-state index in [1.807, 2.05) is 45.8 Å². The van der Waals surface area contributed by atoms with Crippen LogP contribution in [0.15, 0.2) is 48.9 Å². The molecule has 0 radical (unpaired) electrons. The van der Waals surface area contributed by atoms with E-state index in [1.165, 1.54) is 0 Å². The van der Waals surface area contributed by atoms with E-state index >= 15 is 0 Å². The number of pyridine rings is 1. The maximum atomic E-state index is 11.7. The van der Waals surface area contributed by atoms with Crippen LogP contribution in [0.25, 0.3) is 17.0 Å². The average Bonchev–Trinajstić information content (AvgIpc) is 3.29. The van der Waals surface area contributed by atoms with Gasteiger partial charge in [-0.3, -0.25) is 9.20 Å². The van der Waals surface area contributed by atoms with Gasteiger partial charge >= 0.3 is 0 Å². The van der Waals surface area contributed by atoms with E-state index < -0.39 is 0 Å². The molecule has 0 spiro atoms. The number of hydrogen-bond acceptors (Lipinski definition) is 7. The number of hydrogen-bond donors (Lipinski definition) is 1. The summed E-state index contributed by atoms with van der Waals surface area (Å²) in [6.45, 7) is 6.65. The van der Waals surface area contributed by atoms with Gasteiger partial charge in [0.05, 0.1) is 35.9 Å². The van der Waals surface area contributed by atoms with Crippen molar-refractivity contribution in [2.75, 3.05) is 43.5 Å². The topological polar surface area (TPSA) is 87.9 Å². The molecule has 5 rings (SSSR count). The molecule has 1 aliphatic rings. The number of aromatic nitrogens is 4. The Balaban J connectivity index is 1.43. The summed E-state index contributed by atoms with van der Waals surface area (Å²) in [6, 6.07) is 9.83. The first-order valence-corrected chi connectivity index (χ1v) is 11.7. The number of anilines is 3. The minimum Gasteiger partial charge on any atom is -0.494 e. The van der Waals surface area contributed by atoms with Crippen LogP contribution < -0.4 is 15.0 Å². The number of piperazine rings is 1. The molecule has 9 nitrogen and oxygen atoms in total. The van der Waals surface area contributed by atoms with Crippen molar-refractivity contribution in [1.29, 1.82) is 0 Å². The number of rotatable bonds is 5. The average molecular weight is 492 g/mol. The number of amides is 1. The zero-order valence-electron chi connectivity index (χ0n) is 19.8. The Labute approximate surface area is 208 Å². The zero-order valence-corrected chi connectivity index (χ0v) is 20.6. The summed E-state index contributed by atoms with van der Waals surface area (Å²) in [5, 5.41) is 3.72. The minimum atomic E-state index is 0.116. The van der Waals surface area contributed by atoms with Crippen LogP contribution in [0.1, 0.15) is 12.5 Å². The lowest BCUT2D eigenvalue weighted by Crippen LogP contribution is -2.48. The summed E-state index contributed by atoms with van der Waals surface area (Å²) in [5.41, 5.74) is 5.09. The predicted octanol–water partition coefficient (Wildman–Crippen LogP) is 4.17. The molecule has 4 heterocycles. The Morgan fingerprint density at radius 1 is 1.11 bits per heavy atom. The van der Waals surface area contributed by atoms with E-state index in [1.54, 1.807) is 26.4 Å². The number of nitrogens with one attached hydrogen (secondary N) is 1. The molecule has 1 fully saturated rings. The third-order valence-corrected chi connectivity index (χ3v) is 6.51. The lowest BCUT2D eigenvalue weighted by molar-refractivity contribution is -0.129. The Morgan fingerprint density at radius 3 is 2.66 bits per heavy atom. The molecule has 1 aromatic carbocycles. The van der Waals surface area contributed by atoms with Gasteiger partial charge in [-0.2, -0.15) is 0 Å². The molecule has 0 atom stereocenters. The highest BCUT2D eigenvalue weighted by Crippen LogP contribution is 2.36. The monoisotopic (exact) mass is 491 g/mol. The first kappa shape index (κ1) is 22.9. The van der Waals surface area contributed by atoms with Gasteiger partial charge in [-0.1, -0.05) is 17.7 Å². The predicted molar refractivity (Wildman–Crippen MR) is 137 cm³/mol. The van der Waals surface area contributed by atoms with Crippen molar-refractivity contribution < 1.29 is 9.53 Å². The number of fused-ring (bicyclic) bond motifs is 1. The largest absolute Gasteiger partial charge is 0.494 e. The van der Waals surface area contributed by atoms with Crippen LogP contribution in [-0.4, -0.2) is 63.4 Å². The molecular weight excluding hydrogens is 466 g/mol. The van der Waals surface area contributed by atoms with Gasteiger partial charge in [-0.15, -0.1) is 0 Å². The number of methoxy groups -OCH3 is 1. The first-order chi connectivity index (χ1) is 16.9. The minimum absolute atomic E-state index is 0.116. The molecule has 1 aliphatic heterocycles. The van der Waals surface area contributed by atoms with Crippen LogP contribution >= 0.6 is 11.6 Å². The quantitative estimate of drug-likeness (QED) is 0.448. The molecule has 0 bridgehead atoms. The van der Waals surface area contributed by atoms with Crippen LogP contribution in [-0.2, 0) is 4.79 Å². The molecular formula is C25H26ClN7O2. The SMILES string of the molecule is COc1cc(N2CCN(C(C)=O)CC2)c(C)cc1Nc1ncc(Cl)c(-c2cnc3ccccn23)n1. The number of benzene rings is 1. The molecule has 35 heavy (non-hydrogen) atoms. The summed E-state index contributed by atoms with van der Waals surface area (Å²) in [6.07, 6.45) is 5.25. The Hall–Kier alpha value is -3.85.